The van der Waals surface area contributed by atoms with Crippen LogP contribution in [0, 0.1) is 34.6 Å². The number of hydrogen-bond donors (Lipinski definition) is 0. The van der Waals surface area contributed by atoms with Crippen LogP contribution < -0.4 is 28.9 Å². The normalized spacial score (nSPS) is 9.49. The molecule has 9 aromatic rings. The van der Waals surface area contributed by atoms with Gasteiger partial charge in [0.05, 0.1) is 0 Å². The van der Waals surface area contributed by atoms with E-state index in [1.54, 1.807) is 55.2 Å². The van der Waals surface area contributed by atoms with E-state index in [0.717, 1.165) is 62.3 Å². The van der Waals surface area contributed by atoms with Crippen molar-refractivity contribution in [3.05, 3.63) is 243 Å². The Hall–Kier alpha value is -9.75. The largest absolute Gasteiger partial charge is 0.388 e. The van der Waals surface area contributed by atoms with Crippen LogP contribution in [0.15, 0.2) is 243 Å². The maximum atomic E-state index is 8.85. The summed E-state index contributed by atoms with van der Waals surface area (Å²) in [4.78, 5) is 6.47. The second-order valence-electron chi connectivity index (χ2n) is 14.5. The van der Waals surface area contributed by atoms with Gasteiger partial charge in [0, 0.05) is 51.2 Å². The summed E-state index contributed by atoms with van der Waals surface area (Å²) in [5, 5.41) is 26.3. The molecular formula is C63H58N6O3. The van der Waals surface area contributed by atoms with Crippen molar-refractivity contribution in [2.45, 2.75) is 41.5 Å². The topological polar surface area (TPSA) is 109 Å². The van der Waals surface area contributed by atoms with Gasteiger partial charge in [0.25, 0.3) is 18.8 Å². The molecule has 9 aromatic carbocycles. The molecule has 9 rings (SSSR count). The molecule has 0 aliphatic rings. The Morgan fingerprint density at radius 2 is 0.403 bits per heavy atom. The van der Waals surface area contributed by atoms with E-state index in [4.69, 9.17) is 30.0 Å². The average Bonchev–Trinajstić information content (AvgIpc) is 3.46. The highest BCUT2D eigenvalue weighted by atomic mass is 16.5. The van der Waals surface area contributed by atoms with Crippen molar-refractivity contribution < 1.29 is 14.2 Å². The number of anilines is 9. The summed E-state index contributed by atoms with van der Waals surface area (Å²) in [6, 6.07) is 79.9. The molecule has 0 aliphatic heterocycles. The number of para-hydroxylation sites is 4. The zero-order valence-electron chi connectivity index (χ0n) is 41.5. The molecule has 9 heteroatoms. The molecule has 0 amide bonds. The summed E-state index contributed by atoms with van der Waals surface area (Å²) in [5.41, 5.74) is 11.3. The summed E-state index contributed by atoms with van der Waals surface area (Å²) in [5.74, 6) is 1.53. The second-order valence-corrected chi connectivity index (χ2v) is 14.5. The van der Waals surface area contributed by atoms with E-state index in [-0.39, 0.29) is 0 Å². The first-order chi connectivity index (χ1) is 35.6. The minimum absolute atomic E-state index is 0.499. The van der Waals surface area contributed by atoms with Crippen molar-refractivity contribution in [3.8, 4) is 47.1 Å². The summed E-state index contributed by atoms with van der Waals surface area (Å²) >= 11 is 0. The van der Waals surface area contributed by atoms with Gasteiger partial charge in [-0.05, 0) is 157 Å². The van der Waals surface area contributed by atoms with E-state index in [2.05, 4.69) is 112 Å². The molecule has 0 aliphatic carbocycles. The number of rotatable bonds is 13. The van der Waals surface area contributed by atoms with Crippen LogP contribution in [0.5, 0.6) is 17.2 Å². The van der Waals surface area contributed by atoms with Crippen LogP contribution in [0.4, 0.5) is 51.2 Å². The van der Waals surface area contributed by atoms with E-state index >= 15 is 0 Å². The first kappa shape index (κ1) is 53.2. The molecule has 358 valence electrons. The van der Waals surface area contributed by atoms with Crippen LogP contribution in [0.2, 0.25) is 0 Å². The Labute approximate surface area is 425 Å². The fourth-order valence-electron chi connectivity index (χ4n) is 7.40. The van der Waals surface area contributed by atoms with Crippen LogP contribution in [-0.2, 0) is 0 Å². The van der Waals surface area contributed by atoms with Crippen LogP contribution in [0.3, 0.4) is 0 Å². The van der Waals surface area contributed by atoms with E-state index in [9.17, 15) is 0 Å². The lowest BCUT2D eigenvalue weighted by molar-refractivity contribution is 0.507. The van der Waals surface area contributed by atoms with Crippen molar-refractivity contribution >= 4 is 51.2 Å². The Morgan fingerprint density at radius 1 is 0.236 bits per heavy atom. The maximum absolute atomic E-state index is 8.85. The Morgan fingerprint density at radius 3 is 0.583 bits per heavy atom. The summed E-state index contributed by atoms with van der Waals surface area (Å²) in [6.45, 7) is 12.0. The second kappa shape index (κ2) is 29.2. The zero-order chi connectivity index (χ0) is 51.3. The van der Waals surface area contributed by atoms with Gasteiger partial charge in [0.1, 0.15) is 17.2 Å². The van der Waals surface area contributed by atoms with E-state index < -0.39 is 0 Å². The fraction of sp³-hybridized carbons (Fsp3) is 0.0952. The van der Waals surface area contributed by atoms with E-state index in [1.807, 2.05) is 151 Å². The van der Waals surface area contributed by atoms with Crippen LogP contribution in [0.25, 0.3) is 11.1 Å². The standard InChI is InChI=1S/C38H26N4O2.C19H14N2O.3C2H6/c39-27-43-37-23-19-35(20-24-37)41(31-7-3-1-4-8-31)33-15-11-29(12-16-33)30-13-17-34(18-14-30)42(32-9-5-2-6-10-32)36-21-25-38(26-22-36)44-28-40;20-15-22-19-13-11-18(12-14-19)21(16-7-3-1-4-8-16)17-9-5-2-6-10-17;3*1-2/h1-26H;1-14H;3*1-2H3. The fourth-order valence-corrected chi connectivity index (χ4v) is 7.40. The van der Waals surface area contributed by atoms with Gasteiger partial charge in [0.15, 0.2) is 0 Å². The van der Waals surface area contributed by atoms with Crippen molar-refractivity contribution in [1.29, 1.82) is 15.8 Å². The molecule has 0 unspecified atom stereocenters. The summed E-state index contributed by atoms with van der Waals surface area (Å²) in [7, 11) is 0. The molecule has 9 nitrogen and oxygen atoms in total. The van der Waals surface area contributed by atoms with Crippen molar-refractivity contribution in [3.63, 3.8) is 0 Å². The molecular weight excluding hydrogens is 889 g/mol. The summed E-state index contributed by atoms with van der Waals surface area (Å²) < 4.78 is 14.8. The molecule has 0 saturated heterocycles. The van der Waals surface area contributed by atoms with Crippen LogP contribution in [0.1, 0.15) is 41.5 Å². The van der Waals surface area contributed by atoms with Gasteiger partial charge in [0.2, 0.25) is 0 Å². The SMILES string of the molecule is CC.CC.CC.N#COc1ccc(N(c2ccccc2)c2ccc(-c3ccc(N(c4ccccc4)c4ccc(OC#N)cc4)cc3)cc2)cc1.N#COc1ccc(N(c2ccccc2)c2ccccc2)cc1. The maximum Gasteiger partial charge on any atom is 0.292 e. The molecule has 0 aromatic heterocycles. The molecule has 0 bridgehead atoms. The van der Waals surface area contributed by atoms with Gasteiger partial charge in [-0.3, -0.25) is 0 Å². The quantitative estimate of drug-likeness (QED) is 0.104. The average molecular weight is 947 g/mol. The lowest BCUT2D eigenvalue weighted by Crippen LogP contribution is -2.10. The first-order valence-electron chi connectivity index (χ1n) is 23.9. The molecule has 0 atom stereocenters. The van der Waals surface area contributed by atoms with Gasteiger partial charge < -0.3 is 28.9 Å². The van der Waals surface area contributed by atoms with Crippen molar-refractivity contribution in [2.24, 2.45) is 0 Å². The van der Waals surface area contributed by atoms with Gasteiger partial charge in [-0.25, -0.2) is 0 Å². The number of nitrogens with zero attached hydrogens (tertiary/aromatic N) is 6. The third kappa shape index (κ3) is 14.4. The molecule has 0 spiro atoms. The van der Waals surface area contributed by atoms with Crippen molar-refractivity contribution in [1.82, 2.24) is 0 Å². The van der Waals surface area contributed by atoms with Gasteiger partial charge in [-0.2, -0.15) is 0 Å². The van der Waals surface area contributed by atoms with Crippen LogP contribution >= 0.6 is 0 Å². The molecule has 0 N–H and O–H groups in total. The minimum Gasteiger partial charge on any atom is -0.388 e. The molecule has 0 radical (unpaired) electrons. The predicted octanol–water partition coefficient (Wildman–Crippen LogP) is 18.1. The highest BCUT2D eigenvalue weighted by Gasteiger charge is 2.16. The Kier molecular flexibility index (Phi) is 21.6. The lowest BCUT2D eigenvalue weighted by Gasteiger charge is -2.26. The molecule has 72 heavy (non-hydrogen) atoms. The van der Waals surface area contributed by atoms with Crippen molar-refractivity contribution in [2.75, 3.05) is 14.7 Å². The van der Waals surface area contributed by atoms with Gasteiger partial charge in [-0.15, -0.1) is 15.8 Å². The van der Waals surface area contributed by atoms with Gasteiger partial charge in [-0.1, -0.05) is 139 Å². The summed E-state index contributed by atoms with van der Waals surface area (Å²) in [6.07, 6.45) is 5.12. The highest BCUT2D eigenvalue weighted by Crippen LogP contribution is 2.39. The van der Waals surface area contributed by atoms with Crippen LogP contribution in [-0.4, -0.2) is 0 Å². The highest BCUT2D eigenvalue weighted by molar-refractivity contribution is 5.81. The minimum atomic E-state index is 0.499. The molecule has 0 saturated carbocycles. The number of nitriles is 3. The monoisotopic (exact) mass is 946 g/mol. The third-order valence-corrected chi connectivity index (χ3v) is 10.4. The number of benzene rings is 9. The third-order valence-electron chi connectivity index (χ3n) is 10.4. The number of hydrogen-bond acceptors (Lipinski definition) is 9. The van der Waals surface area contributed by atoms with E-state index in [1.165, 1.54) is 0 Å². The Balaban J connectivity index is 0.000000288. The number of ether oxygens (including phenoxy) is 3. The first-order valence-corrected chi connectivity index (χ1v) is 23.9. The molecule has 0 heterocycles. The molecule has 0 fully saturated rings. The van der Waals surface area contributed by atoms with Gasteiger partial charge >= 0.3 is 0 Å². The Bertz CT molecular complexity index is 2860. The van der Waals surface area contributed by atoms with E-state index in [0.29, 0.717) is 17.2 Å². The zero-order valence-corrected chi connectivity index (χ0v) is 41.5. The lowest BCUT2D eigenvalue weighted by atomic mass is 10.0. The predicted molar refractivity (Wildman–Crippen MR) is 295 cm³/mol. The smallest absolute Gasteiger partial charge is 0.292 e.